The minimum atomic E-state index is 0.515. The Morgan fingerprint density at radius 2 is 1.76 bits per heavy atom. The highest BCUT2D eigenvalue weighted by Crippen LogP contribution is 2.35. The summed E-state index contributed by atoms with van der Waals surface area (Å²) in [7, 11) is 0. The third kappa shape index (κ3) is 2.53. The van der Waals surface area contributed by atoms with Gasteiger partial charge >= 0.3 is 0 Å². The molecular formula is C15H28N2. The van der Waals surface area contributed by atoms with E-state index < -0.39 is 0 Å². The number of rotatable bonds is 1. The van der Waals surface area contributed by atoms with Gasteiger partial charge in [-0.3, -0.25) is 4.90 Å². The lowest BCUT2D eigenvalue weighted by atomic mass is 9.85. The first kappa shape index (κ1) is 12.0. The van der Waals surface area contributed by atoms with Gasteiger partial charge in [-0.15, -0.1) is 0 Å². The van der Waals surface area contributed by atoms with Gasteiger partial charge in [-0.1, -0.05) is 19.8 Å². The van der Waals surface area contributed by atoms with Crippen LogP contribution in [0.15, 0.2) is 0 Å². The van der Waals surface area contributed by atoms with Gasteiger partial charge in [-0.2, -0.15) is 0 Å². The fourth-order valence-corrected chi connectivity index (χ4v) is 4.29. The third-order valence-corrected chi connectivity index (χ3v) is 5.47. The zero-order valence-electron chi connectivity index (χ0n) is 11.4. The molecule has 1 saturated heterocycles. The van der Waals surface area contributed by atoms with Crippen molar-refractivity contribution in [1.82, 2.24) is 10.2 Å². The second-order valence-corrected chi connectivity index (χ2v) is 6.80. The van der Waals surface area contributed by atoms with E-state index in [0.29, 0.717) is 5.54 Å². The van der Waals surface area contributed by atoms with E-state index in [0.717, 1.165) is 12.0 Å². The van der Waals surface area contributed by atoms with Crippen LogP contribution in [0.1, 0.15) is 58.3 Å². The molecule has 0 radical (unpaired) electrons. The summed E-state index contributed by atoms with van der Waals surface area (Å²) in [5, 5.41) is 3.83. The monoisotopic (exact) mass is 236 g/mol. The minimum absolute atomic E-state index is 0.515. The fourth-order valence-electron chi connectivity index (χ4n) is 4.29. The Kier molecular flexibility index (Phi) is 3.45. The zero-order chi connectivity index (χ0) is 11.7. The standard InChI is InChI=1S/C15H28N2/c1-13-4-6-14(7-5-13)17-11-10-16-15(12-17)8-2-3-9-15/h13-14,16H,2-12H2,1H3. The van der Waals surface area contributed by atoms with Crippen LogP contribution in [0, 0.1) is 5.92 Å². The Labute approximate surface area is 106 Å². The van der Waals surface area contributed by atoms with Gasteiger partial charge < -0.3 is 5.32 Å². The molecule has 2 aliphatic carbocycles. The molecule has 2 heteroatoms. The molecule has 0 unspecified atom stereocenters. The Morgan fingerprint density at radius 3 is 2.47 bits per heavy atom. The molecule has 0 aromatic rings. The average molecular weight is 236 g/mol. The maximum Gasteiger partial charge on any atom is 0.0309 e. The lowest BCUT2D eigenvalue weighted by Gasteiger charge is -2.46. The first-order valence-electron chi connectivity index (χ1n) is 7.77. The number of nitrogens with zero attached hydrogens (tertiary/aromatic N) is 1. The lowest BCUT2D eigenvalue weighted by molar-refractivity contribution is 0.0685. The van der Waals surface area contributed by atoms with Crippen LogP contribution in [-0.4, -0.2) is 36.1 Å². The molecule has 17 heavy (non-hydrogen) atoms. The molecule has 1 spiro atoms. The molecule has 1 N–H and O–H groups in total. The van der Waals surface area contributed by atoms with Crippen LogP contribution in [0.3, 0.4) is 0 Å². The second kappa shape index (κ2) is 4.89. The second-order valence-electron chi connectivity index (χ2n) is 6.80. The Hall–Kier alpha value is -0.0800. The Morgan fingerprint density at radius 1 is 1.06 bits per heavy atom. The van der Waals surface area contributed by atoms with Crippen molar-refractivity contribution in [3.8, 4) is 0 Å². The van der Waals surface area contributed by atoms with E-state index in [9.17, 15) is 0 Å². The molecule has 3 aliphatic rings. The van der Waals surface area contributed by atoms with Crippen molar-refractivity contribution in [3.63, 3.8) is 0 Å². The highest BCUT2D eigenvalue weighted by Gasteiger charge is 2.39. The van der Waals surface area contributed by atoms with Crippen molar-refractivity contribution in [2.45, 2.75) is 69.9 Å². The zero-order valence-corrected chi connectivity index (χ0v) is 11.4. The number of hydrogen-bond donors (Lipinski definition) is 1. The van der Waals surface area contributed by atoms with Crippen molar-refractivity contribution in [3.05, 3.63) is 0 Å². The van der Waals surface area contributed by atoms with E-state index in [1.807, 2.05) is 0 Å². The van der Waals surface area contributed by atoms with Crippen molar-refractivity contribution >= 4 is 0 Å². The lowest BCUT2D eigenvalue weighted by Crippen LogP contribution is -2.61. The van der Waals surface area contributed by atoms with Gasteiger partial charge in [0.15, 0.2) is 0 Å². The first-order chi connectivity index (χ1) is 8.27. The summed E-state index contributed by atoms with van der Waals surface area (Å²) in [4.78, 5) is 2.83. The van der Waals surface area contributed by atoms with Crippen LogP contribution in [0.2, 0.25) is 0 Å². The van der Waals surface area contributed by atoms with E-state index in [1.54, 1.807) is 0 Å². The van der Waals surface area contributed by atoms with E-state index in [1.165, 1.54) is 71.0 Å². The van der Waals surface area contributed by atoms with Gasteiger partial charge in [0.2, 0.25) is 0 Å². The van der Waals surface area contributed by atoms with Gasteiger partial charge in [-0.05, 0) is 44.4 Å². The topological polar surface area (TPSA) is 15.3 Å². The summed E-state index contributed by atoms with van der Waals surface area (Å²) in [6.07, 6.45) is 11.6. The van der Waals surface area contributed by atoms with E-state index in [2.05, 4.69) is 17.1 Å². The fraction of sp³-hybridized carbons (Fsp3) is 1.00. The van der Waals surface area contributed by atoms with Crippen molar-refractivity contribution in [2.75, 3.05) is 19.6 Å². The Balaban J connectivity index is 1.60. The molecule has 0 bridgehead atoms. The number of nitrogens with one attached hydrogen (secondary N) is 1. The smallest absolute Gasteiger partial charge is 0.0309 e. The van der Waals surface area contributed by atoms with Gasteiger partial charge in [-0.25, -0.2) is 0 Å². The highest BCUT2D eigenvalue weighted by atomic mass is 15.2. The predicted octanol–water partition coefficient (Wildman–Crippen LogP) is 2.78. The molecular weight excluding hydrogens is 208 g/mol. The third-order valence-electron chi connectivity index (χ3n) is 5.47. The SMILES string of the molecule is CC1CCC(N2CCNC3(CCCC3)C2)CC1. The summed E-state index contributed by atoms with van der Waals surface area (Å²) >= 11 is 0. The maximum absolute atomic E-state index is 3.83. The molecule has 0 aromatic heterocycles. The predicted molar refractivity (Wildman–Crippen MR) is 72.2 cm³/mol. The van der Waals surface area contributed by atoms with Crippen LogP contribution >= 0.6 is 0 Å². The molecule has 2 saturated carbocycles. The number of piperazine rings is 1. The van der Waals surface area contributed by atoms with Gasteiger partial charge in [0, 0.05) is 31.2 Å². The van der Waals surface area contributed by atoms with E-state index in [-0.39, 0.29) is 0 Å². The van der Waals surface area contributed by atoms with Crippen LogP contribution in [0.4, 0.5) is 0 Å². The molecule has 0 amide bonds. The molecule has 1 heterocycles. The van der Waals surface area contributed by atoms with E-state index in [4.69, 9.17) is 0 Å². The van der Waals surface area contributed by atoms with Gasteiger partial charge in [0.05, 0.1) is 0 Å². The van der Waals surface area contributed by atoms with Crippen LogP contribution in [0.25, 0.3) is 0 Å². The summed E-state index contributed by atoms with van der Waals surface area (Å²) in [6, 6.07) is 0.908. The quantitative estimate of drug-likeness (QED) is 0.753. The maximum atomic E-state index is 3.83. The first-order valence-corrected chi connectivity index (χ1v) is 7.77. The minimum Gasteiger partial charge on any atom is -0.309 e. The molecule has 0 atom stereocenters. The summed E-state index contributed by atoms with van der Waals surface area (Å²) in [6.45, 7) is 6.28. The highest BCUT2D eigenvalue weighted by molar-refractivity contribution is 4.99. The molecule has 3 fully saturated rings. The Bertz CT molecular complexity index is 250. The van der Waals surface area contributed by atoms with Gasteiger partial charge in [0.25, 0.3) is 0 Å². The van der Waals surface area contributed by atoms with Crippen LogP contribution in [-0.2, 0) is 0 Å². The molecule has 2 nitrogen and oxygen atoms in total. The molecule has 98 valence electrons. The summed E-state index contributed by atoms with van der Waals surface area (Å²) in [5.74, 6) is 0.981. The van der Waals surface area contributed by atoms with Crippen LogP contribution < -0.4 is 5.32 Å². The van der Waals surface area contributed by atoms with Crippen molar-refractivity contribution < 1.29 is 0 Å². The molecule has 0 aromatic carbocycles. The molecule has 1 aliphatic heterocycles. The van der Waals surface area contributed by atoms with Crippen molar-refractivity contribution in [2.24, 2.45) is 5.92 Å². The largest absolute Gasteiger partial charge is 0.309 e. The average Bonchev–Trinajstić information content (AvgIpc) is 2.78. The van der Waals surface area contributed by atoms with Crippen molar-refractivity contribution in [1.29, 1.82) is 0 Å². The normalized spacial score (nSPS) is 38.6. The van der Waals surface area contributed by atoms with Gasteiger partial charge in [0.1, 0.15) is 0 Å². The molecule has 3 rings (SSSR count). The summed E-state index contributed by atoms with van der Waals surface area (Å²) in [5.41, 5.74) is 0.515. The number of hydrogen-bond acceptors (Lipinski definition) is 2. The summed E-state index contributed by atoms with van der Waals surface area (Å²) < 4.78 is 0. The van der Waals surface area contributed by atoms with Crippen LogP contribution in [0.5, 0.6) is 0 Å². The van der Waals surface area contributed by atoms with E-state index >= 15 is 0 Å².